The van der Waals surface area contributed by atoms with E-state index in [9.17, 15) is 14.0 Å². The molecule has 3 nitrogen and oxygen atoms in total. The summed E-state index contributed by atoms with van der Waals surface area (Å²) in [5.74, 6) is -2.09. The van der Waals surface area contributed by atoms with Crippen LogP contribution in [0, 0.1) is 5.82 Å². The molecule has 0 bridgehead atoms. The lowest BCUT2D eigenvalue weighted by Crippen LogP contribution is -2.39. The van der Waals surface area contributed by atoms with Crippen LogP contribution in [-0.4, -0.2) is 11.8 Å². The van der Waals surface area contributed by atoms with Crippen molar-refractivity contribution in [3.05, 3.63) is 33.0 Å². The molecule has 1 aliphatic rings. The number of amides is 2. The lowest BCUT2D eigenvalue weighted by molar-refractivity contribution is -0.134. The minimum atomic E-state index is -0.710. The topological polar surface area (TPSA) is 46.2 Å². The van der Waals surface area contributed by atoms with Crippen LogP contribution < -0.4 is 5.32 Å². The van der Waals surface area contributed by atoms with E-state index in [-0.39, 0.29) is 33.8 Å². The molecule has 1 saturated heterocycles. The Bertz CT molecular complexity index is 506. The van der Waals surface area contributed by atoms with Crippen LogP contribution in [-0.2, 0) is 9.59 Å². The molecule has 1 N–H and O–H groups in total. The number of rotatable bonds is 1. The van der Waals surface area contributed by atoms with Crippen molar-refractivity contribution in [2.24, 2.45) is 0 Å². The summed E-state index contributed by atoms with van der Waals surface area (Å²) in [6, 6.07) is 3.00. The third-order valence-electron chi connectivity index (χ3n) is 2.67. The van der Waals surface area contributed by atoms with Crippen molar-refractivity contribution in [1.82, 2.24) is 5.32 Å². The summed E-state index contributed by atoms with van der Waals surface area (Å²) in [7, 11) is 0. The second-order valence-corrected chi connectivity index (χ2v) is 5.02. The van der Waals surface area contributed by atoms with Gasteiger partial charge in [0.15, 0.2) is 0 Å². The van der Waals surface area contributed by atoms with Crippen LogP contribution in [0.1, 0.15) is 24.3 Å². The van der Waals surface area contributed by atoms with Crippen molar-refractivity contribution in [2.45, 2.75) is 18.8 Å². The molecule has 1 aliphatic heterocycles. The number of hydrogen-bond acceptors (Lipinski definition) is 2. The molecule has 2 amide bonds. The molecular formula is C11H8BrClFNO2. The first-order valence-electron chi connectivity index (χ1n) is 4.98. The molecule has 0 radical (unpaired) electrons. The van der Waals surface area contributed by atoms with Gasteiger partial charge in [0.1, 0.15) is 5.82 Å². The number of hydrogen-bond donors (Lipinski definition) is 1. The number of halogens is 3. The van der Waals surface area contributed by atoms with E-state index in [0.29, 0.717) is 0 Å². The maximum atomic E-state index is 13.9. The predicted octanol–water partition coefficient (Wildman–Crippen LogP) is 2.76. The average Bonchev–Trinajstić information content (AvgIpc) is 2.27. The minimum Gasteiger partial charge on any atom is -0.296 e. The fraction of sp³-hybridized carbons (Fsp3) is 0.273. The number of carbonyl (C=O) groups is 2. The van der Waals surface area contributed by atoms with E-state index < -0.39 is 17.6 Å². The SMILES string of the molecule is O=C1CCC(c2c(Cl)ccc(Br)c2F)C(=O)N1. The molecule has 0 saturated carbocycles. The van der Waals surface area contributed by atoms with Crippen molar-refractivity contribution in [3.8, 4) is 0 Å². The highest BCUT2D eigenvalue weighted by Crippen LogP contribution is 2.35. The van der Waals surface area contributed by atoms with Crippen LogP contribution in [0.4, 0.5) is 4.39 Å². The number of piperidine rings is 1. The molecule has 2 rings (SSSR count). The van der Waals surface area contributed by atoms with Crippen molar-refractivity contribution < 1.29 is 14.0 Å². The standard InChI is InChI=1S/C11H8BrClFNO2/c12-6-2-3-7(13)9(10(6)14)5-1-4-8(16)15-11(5)17/h2-3,5H,1,4H2,(H,15,16,17). The zero-order chi connectivity index (χ0) is 12.6. The second kappa shape index (κ2) is 4.74. The third-order valence-corrected chi connectivity index (χ3v) is 3.61. The zero-order valence-corrected chi connectivity index (χ0v) is 10.9. The van der Waals surface area contributed by atoms with Gasteiger partial charge in [0.25, 0.3) is 0 Å². The lowest BCUT2D eigenvalue weighted by Gasteiger charge is -2.22. The summed E-state index contributed by atoms with van der Waals surface area (Å²) in [4.78, 5) is 22.7. The molecule has 1 fully saturated rings. The Balaban J connectivity index is 2.44. The highest BCUT2D eigenvalue weighted by Gasteiger charge is 2.32. The van der Waals surface area contributed by atoms with Crippen LogP contribution in [0.5, 0.6) is 0 Å². The van der Waals surface area contributed by atoms with Gasteiger partial charge in [0, 0.05) is 17.0 Å². The van der Waals surface area contributed by atoms with Crippen LogP contribution in [0.25, 0.3) is 0 Å². The van der Waals surface area contributed by atoms with Gasteiger partial charge in [0.2, 0.25) is 11.8 Å². The van der Waals surface area contributed by atoms with Crippen LogP contribution in [0.3, 0.4) is 0 Å². The van der Waals surface area contributed by atoms with Crippen molar-refractivity contribution in [2.75, 3.05) is 0 Å². The molecule has 0 spiro atoms. The Labute approximate surface area is 110 Å². The number of benzene rings is 1. The highest BCUT2D eigenvalue weighted by atomic mass is 79.9. The number of carbonyl (C=O) groups excluding carboxylic acids is 2. The second-order valence-electron chi connectivity index (χ2n) is 3.76. The largest absolute Gasteiger partial charge is 0.296 e. The average molecular weight is 321 g/mol. The Kier molecular flexibility index (Phi) is 3.49. The monoisotopic (exact) mass is 319 g/mol. The maximum Gasteiger partial charge on any atom is 0.234 e. The Morgan fingerprint density at radius 3 is 2.76 bits per heavy atom. The molecule has 1 atom stereocenters. The Hall–Kier alpha value is -0.940. The van der Waals surface area contributed by atoms with Gasteiger partial charge < -0.3 is 0 Å². The molecule has 90 valence electrons. The van der Waals surface area contributed by atoms with Gasteiger partial charge in [-0.25, -0.2) is 4.39 Å². The van der Waals surface area contributed by atoms with Gasteiger partial charge in [-0.3, -0.25) is 14.9 Å². The summed E-state index contributed by atoms with van der Waals surface area (Å²) in [6.07, 6.45) is 0.469. The van der Waals surface area contributed by atoms with E-state index in [1.807, 2.05) is 0 Å². The first-order chi connectivity index (χ1) is 8.00. The van der Waals surface area contributed by atoms with Crippen molar-refractivity contribution >= 4 is 39.3 Å². The quantitative estimate of drug-likeness (QED) is 0.639. The molecule has 6 heteroatoms. The molecule has 1 heterocycles. The van der Waals surface area contributed by atoms with Crippen LogP contribution in [0.2, 0.25) is 5.02 Å². The van der Waals surface area contributed by atoms with E-state index in [4.69, 9.17) is 11.6 Å². The molecule has 1 aromatic carbocycles. The van der Waals surface area contributed by atoms with Gasteiger partial charge in [-0.1, -0.05) is 11.6 Å². The van der Waals surface area contributed by atoms with E-state index in [1.165, 1.54) is 12.1 Å². The van der Waals surface area contributed by atoms with Gasteiger partial charge >= 0.3 is 0 Å². The summed E-state index contributed by atoms with van der Waals surface area (Å²) in [5.41, 5.74) is 0.144. The molecule has 1 aromatic rings. The Morgan fingerprint density at radius 1 is 1.41 bits per heavy atom. The predicted molar refractivity (Wildman–Crippen MR) is 64.2 cm³/mol. The van der Waals surface area contributed by atoms with Crippen LogP contribution >= 0.6 is 27.5 Å². The first kappa shape index (κ1) is 12.5. The van der Waals surface area contributed by atoms with E-state index in [2.05, 4.69) is 21.2 Å². The molecule has 0 aliphatic carbocycles. The summed E-state index contributed by atoms with van der Waals surface area (Å²) < 4.78 is 14.2. The normalized spacial score (nSPS) is 20.3. The van der Waals surface area contributed by atoms with E-state index >= 15 is 0 Å². The van der Waals surface area contributed by atoms with Gasteiger partial charge in [-0.05, 0) is 34.5 Å². The fourth-order valence-electron chi connectivity index (χ4n) is 1.83. The molecular weight excluding hydrogens is 312 g/mol. The first-order valence-corrected chi connectivity index (χ1v) is 6.15. The van der Waals surface area contributed by atoms with E-state index in [0.717, 1.165) is 0 Å². The lowest BCUT2D eigenvalue weighted by atomic mass is 9.90. The maximum absolute atomic E-state index is 13.9. The van der Waals surface area contributed by atoms with Gasteiger partial charge in [-0.15, -0.1) is 0 Å². The minimum absolute atomic E-state index is 0.144. The molecule has 1 unspecified atom stereocenters. The smallest absolute Gasteiger partial charge is 0.234 e. The molecule has 17 heavy (non-hydrogen) atoms. The zero-order valence-electron chi connectivity index (χ0n) is 8.60. The van der Waals surface area contributed by atoms with Crippen molar-refractivity contribution in [3.63, 3.8) is 0 Å². The van der Waals surface area contributed by atoms with Crippen molar-refractivity contribution in [1.29, 1.82) is 0 Å². The van der Waals surface area contributed by atoms with Gasteiger partial charge in [-0.2, -0.15) is 0 Å². The molecule has 0 aromatic heterocycles. The number of nitrogens with one attached hydrogen (secondary N) is 1. The van der Waals surface area contributed by atoms with Crippen LogP contribution in [0.15, 0.2) is 16.6 Å². The fourth-order valence-corrected chi connectivity index (χ4v) is 2.45. The number of imide groups is 1. The third kappa shape index (κ3) is 2.35. The summed E-state index contributed by atoms with van der Waals surface area (Å²) in [5, 5.41) is 2.38. The highest BCUT2D eigenvalue weighted by molar-refractivity contribution is 9.10. The summed E-state index contributed by atoms with van der Waals surface area (Å²) in [6.45, 7) is 0. The Morgan fingerprint density at radius 2 is 2.12 bits per heavy atom. The summed E-state index contributed by atoms with van der Waals surface area (Å²) >= 11 is 8.96. The van der Waals surface area contributed by atoms with Gasteiger partial charge in [0.05, 0.1) is 10.4 Å². The van der Waals surface area contributed by atoms with E-state index in [1.54, 1.807) is 0 Å².